The monoisotopic (exact) mass is 199 g/mol. The van der Waals surface area contributed by atoms with Crippen LogP contribution in [0.5, 0.6) is 0 Å². The van der Waals surface area contributed by atoms with Gasteiger partial charge in [-0.1, -0.05) is 0 Å². The molecule has 13 heavy (non-hydrogen) atoms. The molecule has 1 aromatic heterocycles. The number of hydrogen-bond acceptors (Lipinski definition) is 4. The van der Waals surface area contributed by atoms with E-state index in [0.717, 1.165) is 0 Å². The Kier molecular flexibility index (Phi) is 2.97. The van der Waals surface area contributed by atoms with Gasteiger partial charge >= 0.3 is 5.97 Å². The molecule has 4 nitrogen and oxygen atoms in total. The number of ether oxygens (including phenoxy) is 1. The minimum absolute atomic E-state index is 0.0519. The van der Waals surface area contributed by atoms with Crippen molar-refractivity contribution in [2.75, 3.05) is 7.11 Å². The Morgan fingerprint density at radius 1 is 1.54 bits per heavy atom. The molecular formula is C8H6ClNO3. The first kappa shape index (κ1) is 9.67. The first-order valence-electron chi connectivity index (χ1n) is 3.40. The van der Waals surface area contributed by atoms with Gasteiger partial charge in [0.1, 0.15) is 0 Å². The van der Waals surface area contributed by atoms with E-state index in [1.54, 1.807) is 0 Å². The molecule has 0 radical (unpaired) electrons. The van der Waals surface area contributed by atoms with E-state index >= 15 is 0 Å². The summed E-state index contributed by atoms with van der Waals surface area (Å²) in [4.78, 5) is 25.5. The highest BCUT2D eigenvalue weighted by Crippen LogP contribution is 2.09. The Bertz CT molecular complexity index is 351. The van der Waals surface area contributed by atoms with Crippen LogP contribution in [0.15, 0.2) is 18.3 Å². The smallest absolute Gasteiger partial charge is 0.357 e. The molecule has 0 aliphatic rings. The molecule has 0 aliphatic carbocycles. The largest absolute Gasteiger partial charge is 0.464 e. The van der Waals surface area contributed by atoms with Crippen molar-refractivity contribution in [3.8, 4) is 0 Å². The highest BCUT2D eigenvalue weighted by Gasteiger charge is 2.16. The lowest BCUT2D eigenvalue weighted by molar-refractivity contribution is 0.0591. The number of nitrogens with zero attached hydrogens (tertiary/aromatic N) is 1. The lowest BCUT2D eigenvalue weighted by atomic mass is 10.2. The second-order valence-corrected chi connectivity index (χ2v) is 2.51. The van der Waals surface area contributed by atoms with Gasteiger partial charge in [-0.2, -0.15) is 0 Å². The third kappa shape index (κ3) is 2.03. The maximum atomic E-state index is 11.0. The summed E-state index contributed by atoms with van der Waals surface area (Å²) in [5.41, 5.74) is -0.0129. The summed E-state index contributed by atoms with van der Waals surface area (Å²) in [5, 5.41) is -0.728. The van der Waals surface area contributed by atoms with Crippen molar-refractivity contribution in [3.05, 3.63) is 29.6 Å². The number of methoxy groups -OCH3 is 1. The van der Waals surface area contributed by atoms with Gasteiger partial charge < -0.3 is 4.74 Å². The lowest BCUT2D eigenvalue weighted by Crippen LogP contribution is -2.09. The summed E-state index contributed by atoms with van der Waals surface area (Å²) in [7, 11) is 1.21. The van der Waals surface area contributed by atoms with E-state index in [2.05, 4.69) is 9.72 Å². The molecule has 0 saturated carbocycles. The van der Waals surface area contributed by atoms with Crippen LogP contribution in [-0.4, -0.2) is 23.3 Å². The van der Waals surface area contributed by atoms with E-state index in [1.165, 1.54) is 25.4 Å². The molecular weight excluding hydrogens is 194 g/mol. The first-order valence-corrected chi connectivity index (χ1v) is 3.77. The molecule has 1 rings (SSSR count). The third-order valence-corrected chi connectivity index (χ3v) is 1.60. The highest BCUT2D eigenvalue weighted by atomic mass is 35.5. The average Bonchev–Trinajstić information content (AvgIpc) is 2.16. The van der Waals surface area contributed by atoms with Crippen LogP contribution in [0, 0.1) is 0 Å². The Morgan fingerprint density at radius 2 is 2.23 bits per heavy atom. The van der Waals surface area contributed by atoms with Gasteiger partial charge in [0.05, 0.1) is 12.7 Å². The fourth-order valence-corrected chi connectivity index (χ4v) is 0.976. The van der Waals surface area contributed by atoms with Crippen LogP contribution in [0.3, 0.4) is 0 Å². The van der Waals surface area contributed by atoms with Crippen LogP contribution in [0.1, 0.15) is 20.8 Å². The molecule has 0 bridgehead atoms. The van der Waals surface area contributed by atoms with E-state index in [4.69, 9.17) is 11.6 Å². The van der Waals surface area contributed by atoms with Crippen LogP contribution in [0.25, 0.3) is 0 Å². The summed E-state index contributed by atoms with van der Waals surface area (Å²) in [6, 6.07) is 2.93. The Morgan fingerprint density at radius 3 is 2.77 bits per heavy atom. The zero-order valence-electron chi connectivity index (χ0n) is 6.78. The third-order valence-electron chi connectivity index (χ3n) is 1.40. The highest BCUT2D eigenvalue weighted by molar-refractivity contribution is 6.68. The number of esters is 1. The van der Waals surface area contributed by atoms with Gasteiger partial charge in [-0.25, -0.2) is 9.78 Å². The molecule has 0 N–H and O–H groups in total. The maximum Gasteiger partial charge on any atom is 0.357 e. The summed E-state index contributed by atoms with van der Waals surface area (Å²) in [6.07, 6.45) is 1.38. The van der Waals surface area contributed by atoms with Crippen LogP contribution >= 0.6 is 11.6 Å². The van der Waals surface area contributed by atoms with E-state index in [1.807, 2.05) is 0 Å². The molecule has 0 spiro atoms. The Hall–Kier alpha value is -1.42. The molecule has 0 fully saturated rings. The second kappa shape index (κ2) is 4.00. The van der Waals surface area contributed by atoms with E-state index in [-0.39, 0.29) is 11.3 Å². The number of aromatic nitrogens is 1. The van der Waals surface area contributed by atoms with Crippen molar-refractivity contribution in [2.45, 2.75) is 0 Å². The van der Waals surface area contributed by atoms with Gasteiger partial charge in [-0.15, -0.1) is 0 Å². The van der Waals surface area contributed by atoms with E-state index in [0.29, 0.717) is 0 Å². The molecule has 0 atom stereocenters. The van der Waals surface area contributed by atoms with Gasteiger partial charge in [0, 0.05) is 6.20 Å². The summed E-state index contributed by atoms with van der Waals surface area (Å²) >= 11 is 5.22. The lowest BCUT2D eigenvalue weighted by Gasteiger charge is -2.00. The van der Waals surface area contributed by atoms with Gasteiger partial charge in [0.15, 0.2) is 5.69 Å². The van der Waals surface area contributed by atoms with Crippen molar-refractivity contribution in [1.82, 2.24) is 4.98 Å². The first-order chi connectivity index (χ1) is 6.16. The van der Waals surface area contributed by atoms with Crippen LogP contribution in [0.2, 0.25) is 0 Å². The molecule has 0 aliphatic heterocycles. The summed E-state index contributed by atoms with van der Waals surface area (Å²) in [5.74, 6) is -0.676. The average molecular weight is 200 g/mol. The fourth-order valence-electron chi connectivity index (χ4n) is 0.823. The van der Waals surface area contributed by atoms with Gasteiger partial charge in [-0.3, -0.25) is 4.79 Å². The van der Waals surface area contributed by atoms with Crippen molar-refractivity contribution >= 4 is 22.8 Å². The second-order valence-electron chi connectivity index (χ2n) is 2.16. The number of carbonyl (C=O) groups excluding carboxylic acids is 2. The van der Waals surface area contributed by atoms with Crippen molar-refractivity contribution in [2.24, 2.45) is 0 Å². The standard InChI is InChI=1S/C8H6ClNO3/c1-13-8(12)6-5(7(9)11)3-2-4-10-6/h2-4H,1H3. The van der Waals surface area contributed by atoms with Gasteiger partial charge in [0.25, 0.3) is 5.24 Å². The van der Waals surface area contributed by atoms with Crippen LogP contribution in [0.4, 0.5) is 0 Å². The van der Waals surface area contributed by atoms with E-state index < -0.39 is 11.2 Å². The molecule has 68 valence electrons. The normalized spacial score (nSPS) is 9.38. The maximum absolute atomic E-state index is 11.0. The minimum Gasteiger partial charge on any atom is -0.464 e. The topological polar surface area (TPSA) is 56.3 Å². The number of halogens is 1. The summed E-state index contributed by atoms with van der Waals surface area (Å²) in [6.45, 7) is 0. The van der Waals surface area contributed by atoms with Crippen molar-refractivity contribution in [3.63, 3.8) is 0 Å². The number of carbonyl (C=O) groups is 2. The van der Waals surface area contributed by atoms with Crippen LogP contribution < -0.4 is 0 Å². The predicted molar refractivity (Wildman–Crippen MR) is 45.8 cm³/mol. The molecule has 1 aromatic rings. The van der Waals surface area contributed by atoms with E-state index in [9.17, 15) is 9.59 Å². The zero-order chi connectivity index (χ0) is 9.84. The number of pyridine rings is 1. The molecule has 0 unspecified atom stereocenters. The van der Waals surface area contributed by atoms with Crippen molar-refractivity contribution < 1.29 is 14.3 Å². The predicted octanol–water partition coefficient (Wildman–Crippen LogP) is 1.25. The number of rotatable bonds is 2. The SMILES string of the molecule is COC(=O)c1ncccc1C(=O)Cl. The minimum atomic E-state index is -0.728. The van der Waals surface area contributed by atoms with Crippen molar-refractivity contribution in [1.29, 1.82) is 0 Å². The molecule has 0 amide bonds. The quantitative estimate of drug-likeness (QED) is 0.531. The van der Waals surface area contributed by atoms with Gasteiger partial charge in [0.2, 0.25) is 0 Å². The number of hydrogen-bond donors (Lipinski definition) is 0. The molecule has 1 heterocycles. The van der Waals surface area contributed by atoms with Crippen LogP contribution in [-0.2, 0) is 4.74 Å². The fraction of sp³-hybridized carbons (Fsp3) is 0.125. The molecule has 5 heteroatoms. The Balaban J connectivity index is 3.19. The molecule has 0 aromatic carbocycles. The van der Waals surface area contributed by atoms with Gasteiger partial charge in [-0.05, 0) is 23.7 Å². The Labute approximate surface area is 79.5 Å². The zero-order valence-corrected chi connectivity index (χ0v) is 7.54. The summed E-state index contributed by atoms with van der Waals surface area (Å²) < 4.78 is 4.41. The molecule has 0 saturated heterocycles.